The molecule has 7 heteroatoms. The standard InChI is InChI=1S/C29H31NO6/c1-4-34-27(31)16-15-20-7-5-9-24-23(20)8-6-10-26(24)35-18-17-25-19(2)36-28(30-25)21-11-13-22(14-12-21)29(32)33-3/h6-8,10-14H,4-5,9,15-18H2,1-3H3. The monoisotopic (exact) mass is 489 g/mol. The highest BCUT2D eigenvalue weighted by molar-refractivity contribution is 5.89. The maximum Gasteiger partial charge on any atom is 0.337 e. The molecule has 0 bridgehead atoms. The molecule has 1 aliphatic carbocycles. The number of fused-ring (bicyclic) bond motifs is 1. The Morgan fingerprint density at radius 3 is 2.64 bits per heavy atom. The van der Waals surface area contributed by atoms with Crippen molar-refractivity contribution in [2.24, 2.45) is 0 Å². The van der Waals surface area contributed by atoms with Gasteiger partial charge in [0.1, 0.15) is 11.5 Å². The van der Waals surface area contributed by atoms with Crippen LogP contribution in [0.2, 0.25) is 0 Å². The van der Waals surface area contributed by atoms with E-state index in [0.29, 0.717) is 43.9 Å². The van der Waals surface area contributed by atoms with Gasteiger partial charge in [-0.1, -0.05) is 18.2 Å². The van der Waals surface area contributed by atoms with Gasteiger partial charge in [-0.25, -0.2) is 9.78 Å². The number of hydrogen-bond acceptors (Lipinski definition) is 7. The predicted octanol–water partition coefficient (Wildman–Crippen LogP) is 5.73. The number of methoxy groups -OCH3 is 1. The fourth-order valence-electron chi connectivity index (χ4n) is 4.37. The molecule has 0 spiro atoms. The summed E-state index contributed by atoms with van der Waals surface area (Å²) >= 11 is 0. The fraction of sp³-hybridized carbons (Fsp3) is 0.345. The van der Waals surface area contributed by atoms with Crippen LogP contribution in [0, 0.1) is 6.92 Å². The number of esters is 2. The molecule has 0 aliphatic heterocycles. The van der Waals surface area contributed by atoms with Crippen LogP contribution in [0.1, 0.15) is 59.1 Å². The number of aromatic nitrogens is 1. The minimum absolute atomic E-state index is 0.167. The molecule has 36 heavy (non-hydrogen) atoms. The van der Waals surface area contributed by atoms with E-state index in [4.69, 9.17) is 18.6 Å². The van der Waals surface area contributed by atoms with Crippen LogP contribution < -0.4 is 4.74 Å². The lowest BCUT2D eigenvalue weighted by Crippen LogP contribution is -2.09. The Bertz CT molecular complexity index is 1260. The highest BCUT2D eigenvalue weighted by Gasteiger charge is 2.18. The first kappa shape index (κ1) is 25.2. The minimum Gasteiger partial charge on any atom is -0.493 e. The summed E-state index contributed by atoms with van der Waals surface area (Å²) in [4.78, 5) is 28.1. The van der Waals surface area contributed by atoms with Crippen molar-refractivity contribution in [1.29, 1.82) is 0 Å². The quantitative estimate of drug-likeness (QED) is 0.336. The second-order valence-electron chi connectivity index (χ2n) is 8.54. The van der Waals surface area contributed by atoms with Gasteiger partial charge in [0.25, 0.3) is 0 Å². The average Bonchev–Trinajstić information content (AvgIpc) is 3.27. The van der Waals surface area contributed by atoms with Crippen LogP contribution in [0.25, 0.3) is 17.0 Å². The van der Waals surface area contributed by atoms with Gasteiger partial charge >= 0.3 is 11.9 Å². The molecular weight excluding hydrogens is 458 g/mol. The second-order valence-corrected chi connectivity index (χ2v) is 8.54. The molecule has 0 N–H and O–H groups in total. The summed E-state index contributed by atoms with van der Waals surface area (Å²) in [6, 6.07) is 13.1. The van der Waals surface area contributed by atoms with E-state index in [1.807, 2.05) is 26.0 Å². The topological polar surface area (TPSA) is 87.9 Å². The molecule has 7 nitrogen and oxygen atoms in total. The number of nitrogens with zero attached hydrogens (tertiary/aromatic N) is 1. The summed E-state index contributed by atoms with van der Waals surface area (Å²) in [6.45, 7) is 4.58. The van der Waals surface area contributed by atoms with E-state index in [9.17, 15) is 9.59 Å². The van der Waals surface area contributed by atoms with Crippen molar-refractivity contribution in [3.8, 4) is 17.2 Å². The molecule has 188 valence electrons. The Hall–Kier alpha value is -3.87. The number of carbonyl (C=O) groups is 2. The molecule has 0 unspecified atom stereocenters. The Morgan fingerprint density at radius 2 is 1.89 bits per heavy atom. The van der Waals surface area contributed by atoms with Gasteiger partial charge in [-0.05, 0) is 74.6 Å². The number of carbonyl (C=O) groups excluding carboxylic acids is 2. The molecule has 3 aromatic rings. The summed E-state index contributed by atoms with van der Waals surface area (Å²) in [7, 11) is 1.36. The highest BCUT2D eigenvalue weighted by atomic mass is 16.5. The van der Waals surface area contributed by atoms with Crippen molar-refractivity contribution in [3.63, 3.8) is 0 Å². The first-order chi connectivity index (χ1) is 17.5. The van der Waals surface area contributed by atoms with Gasteiger partial charge in [0.05, 0.1) is 31.6 Å². The number of hydrogen-bond donors (Lipinski definition) is 0. The first-order valence-electron chi connectivity index (χ1n) is 12.2. The van der Waals surface area contributed by atoms with Gasteiger partial charge in [-0.2, -0.15) is 0 Å². The van der Waals surface area contributed by atoms with Crippen LogP contribution in [0.3, 0.4) is 0 Å². The van der Waals surface area contributed by atoms with Gasteiger partial charge in [0, 0.05) is 24.0 Å². The van der Waals surface area contributed by atoms with E-state index >= 15 is 0 Å². The minimum atomic E-state index is -0.382. The molecule has 1 aromatic heterocycles. The lowest BCUT2D eigenvalue weighted by atomic mass is 9.88. The highest BCUT2D eigenvalue weighted by Crippen LogP contribution is 2.35. The normalized spacial score (nSPS) is 12.5. The van der Waals surface area contributed by atoms with Crippen molar-refractivity contribution >= 4 is 17.5 Å². The van der Waals surface area contributed by atoms with Gasteiger partial charge in [-0.15, -0.1) is 0 Å². The summed E-state index contributed by atoms with van der Waals surface area (Å²) < 4.78 is 21.9. The molecule has 0 saturated carbocycles. The molecular formula is C29H31NO6. The number of rotatable bonds is 10. The van der Waals surface area contributed by atoms with Crippen molar-refractivity contribution in [3.05, 3.63) is 76.7 Å². The number of ether oxygens (including phenoxy) is 3. The van der Waals surface area contributed by atoms with Gasteiger partial charge in [0.2, 0.25) is 5.89 Å². The number of oxazole rings is 1. The van der Waals surface area contributed by atoms with Crippen molar-refractivity contribution in [2.75, 3.05) is 20.3 Å². The summed E-state index contributed by atoms with van der Waals surface area (Å²) in [5, 5.41) is 0. The molecule has 2 aromatic carbocycles. The van der Waals surface area contributed by atoms with E-state index in [0.717, 1.165) is 41.2 Å². The van der Waals surface area contributed by atoms with E-state index < -0.39 is 0 Å². The van der Waals surface area contributed by atoms with Gasteiger partial charge in [0.15, 0.2) is 0 Å². The van der Waals surface area contributed by atoms with Gasteiger partial charge in [-0.3, -0.25) is 4.79 Å². The van der Waals surface area contributed by atoms with E-state index in [-0.39, 0.29) is 11.9 Å². The van der Waals surface area contributed by atoms with Crippen LogP contribution in [-0.2, 0) is 27.1 Å². The maximum atomic E-state index is 11.8. The molecule has 0 fully saturated rings. The third-order valence-corrected chi connectivity index (χ3v) is 6.21. The first-order valence-corrected chi connectivity index (χ1v) is 12.2. The summed E-state index contributed by atoms with van der Waals surface area (Å²) in [5.74, 6) is 1.57. The number of allylic oxidation sites excluding steroid dienone is 2. The Kier molecular flexibility index (Phi) is 8.21. The van der Waals surface area contributed by atoms with E-state index in [2.05, 4.69) is 17.1 Å². The van der Waals surface area contributed by atoms with Crippen molar-refractivity contribution in [2.45, 2.75) is 46.0 Å². The third kappa shape index (κ3) is 5.85. The largest absolute Gasteiger partial charge is 0.493 e. The van der Waals surface area contributed by atoms with Crippen LogP contribution >= 0.6 is 0 Å². The van der Waals surface area contributed by atoms with E-state index in [1.54, 1.807) is 24.3 Å². The maximum absolute atomic E-state index is 11.8. The molecule has 0 saturated heterocycles. The van der Waals surface area contributed by atoms with Crippen LogP contribution in [0.4, 0.5) is 0 Å². The van der Waals surface area contributed by atoms with E-state index in [1.165, 1.54) is 18.2 Å². The summed E-state index contributed by atoms with van der Waals surface area (Å²) in [5.41, 5.74) is 5.60. The predicted molar refractivity (Wildman–Crippen MR) is 136 cm³/mol. The molecule has 0 radical (unpaired) electrons. The molecule has 1 heterocycles. The second kappa shape index (κ2) is 11.7. The van der Waals surface area contributed by atoms with Gasteiger partial charge < -0.3 is 18.6 Å². The third-order valence-electron chi connectivity index (χ3n) is 6.21. The molecule has 0 amide bonds. The lowest BCUT2D eigenvalue weighted by molar-refractivity contribution is -0.142. The molecule has 4 rings (SSSR count). The Morgan fingerprint density at radius 1 is 1.08 bits per heavy atom. The van der Waals surface area contributed by atoms with Crippen molar-refractivity contribution < 1.29 is 28.2 Å². The smallest absolute Gasteiger partial charge is 0.337 e. The van der Waals surface area contributed by atoms with Crippen LogP contribution in [-0.4, -0.2) is 37.2 Å². The Balaban J connectivity index is 1.39. The SMILES string of the molecule is CCOC(=O)CCC1=CCCc2c(OCCc3nc(-c4ccc(C(=O)OC)cc4)oc3C)cccc21. The zero-order valence-corrected chi connectivity index (χ0v) is 21.0. The fourth-order valence-corrected chi connectivity index (χ4v) is 4.37. The van der Waals surface area contributed by atoms with Crippen LogP contribution in [0.15, 0.2) is 53.0 Å². The molecule has 0 atom stereocenters. The summed E-state index contributed by atoms with van der Waals surface area (Å²) in [6.07, 6.45) is 5.68. The number of benzene rings is 2. The molecule has 1 aliphatic rings. The van der Waals surface area contributed by atoms with Crippen molar-refractivity contribution in [1.82, 2.24) is 4.98 Å². The zero-order chi connectivity index (χ0) is 25.5. The lowest BCUT2D eigenvalue weighted by Gasteiger charge is -2.21. The zero-order valence-electron chi connectivity index (χ0n) is 21.0. The number of aryl methyl sites for hydroxylation is 1. The Labute approximate surface area is 211 Å². The van der Waals surface area contributed by atoms with Crippen LogP contribution in [0.5, 0.6) is 5.75 Å². The average molecular weight is 490 g/mol.